The molecule has 2 aromatic rings. The van der Waals surface area contributed by atoms with E-state index in [0.29, 0.717) is 16.8 Å². The molecule has 1 amide bonds. The number of anilines is 1. The normalized spacial score (nSPS) is 11.2. The van der Waals surface area contributed by atoms with Gasteiger partial charge >= 0.3 is 0 Å². The molecule has 2 rings (SSSR count). The number of amidine groups is 1. The third-order valence-electron chi connectivity index (χ3n) is 3.06. The minimum Gasteiger partial charge on any atom is -0.409 e. The summed E-state index contributed by atoms with van der Waals surface area (Å²) in [5.74, 6) is -0.356. The number of aromatic nitrogens is 1. The molecule has 0 aliphatic carbocycles. The van der Waals surface area contributed by atoms with Crippen molar-refractivity contribution in [3.8, 4) is 0 Å². The Balaban J connectivity index is 2.33. The van der Waals surface area contributed by atoms with E-state index in [1.54, 1.807) is 24.3 Å². The highest BCUT2D eigenvalue weighted by Gasteiger charge is 2.13. The van der Waals surface area contributed by atoms with Crippen LogP contribution in [0.1, 0.15) is 27.2 Å². The van der Waals surface area contributed by atoms with Gasteiger partial charge in [0.25, 0.3) is 5.91 Å². The maximum atomic E-state index is 12.2. The average molecular weight is 284 g/mol. The Morgan fingerprint density at radius 2 is 2.05 bits per heavy atom. The summed E-state index contributed by atoms with van der Waals surface area (Å²) < 4.78 is 0. The highest BCUT2D eigenvalue weighted by molar-refractivity contribution is 6.10. The van der Waals surface area contributed by atoms with Gasteiger partial charge in [-0.15, -0.1) is 0 Å². The van der Waals surface area contributed by atoms with Gasteiger partial charge in [0.05, 0.1) is 11.3 Å². The lowest BCUT2D eigenvalue weighted by Crippen LogP contribution is -2.20. The van der Waals surface area contributed by atoms with E-state index in [0.717, 1.165) is 11.3 Å². The van der Waals surface area contributed by atoms with Gasteiger partial charge in [-0.1, -0.05) is 17.3 Å². The molecule has 0 bridgehead atoms. The number of hydrogen-bond donors (Lipinski definition) is 3. The van der Waals surface area contributed by atoms with Crippen LogP contribution in [0.2, 0.25) is 0 Å². The van der Waals surface area contributed by atoms with E-state index in [9.17, 15) is 4.79 Å². The minimum atomic E-state index is -0.305. The highest BCUT2D eigenvalue weighted by atomic mass is 16.4. The van der Waals surface area contributed by atoms with Crippen LogP contribution in [0, 0.1) is 13.8 Å². The number of amides is 1. The molecular formula is C15H16N4O2. The predicted molar refractivity (Wildman–Crippen MR) is 80.6 cm³/mol. The van der Waals surface area contributed by atoms with Crippen molar-refractivity contribution in [1.29, 1.82) is 0 Å². The molecule has 0 unspecified atom stereocenters. The van der Waals surface area contributed by atoms with Crippen molar-refractivity contribution < 1.29 is 10.0 Å². The molecule has 1 aromatic carbocycles. The van der Waals surface area contributed by atoms with E-state index in [2.05, 4.69) is 15.5 Å². The lowest BCUT2D eigenvalue weighted by molar-refractivity contribution is 0.102. The van der Waals surface area contributed by atoms with Gasteiger partial charge in [0.15, 0.2) is 5.84 Å². The number of nitrogens with one attached hydrogen (secondary N) is 1. The molecule has 0 fully saturated rings. The van der Waals surface area contributed by atoms with Crippen LogP contribution in [0.15, 0.2) is 41.7 Å². The van der Waals surface area contributed by atoms with Gasteiger partial charge in [-0.25, -0.2) is 0 Å². The molecule has 0 atom stereocenters. The molecular weight excluding hydrogens is 268 g/mol. The summed E-state index contributed by atoms with van der Waals surface area (Å²) in [5, 5.41) is 14.6. The van der Waals surface area contributed by atoms with E-state index in [1.807, 2.05) is 19.9 Å². The molecule has 0 aliphatic rings. The molecule has 6 heteroatoms. The average Bonchev–Trinajstić information content (AvgIpc) is 2.47. The molecule has 0 saturated carbocycles. The number of benzene rings is 1. The van der Waals surface area contributed by atoms with Crippen LogP contribution in [0.4, 0.5) is 5.69 Å². The quantitative estimate of drug-likeness (QED) is 0.347. The minimum absolute atomic E-state index is 0.0505. The van der Waals surface area contributed by atoms with Crippen LogP contribution >= 0.6 is 0 Å². The van der Waals surface area contributed by atoms with Gasteiger partial charge in [-0.3, -0.25) is 9.78 Å². The Kier molecular flexibility index (Phi) is 4.18. The fraction of sp³-hybridized carbons (Fsp3) is 0.133. The summed E-state index contributed by atoms with van der Waals surface area (Å²) in [7, 11) is 0. The molecule has 4 N–H and O–H groups in total. The summed E-state index contributed by atoms with van der Waals surface area (Å²) in [6.45, 7) is 3.66. The second-order valence-electron chi connectivity index (χ2n) is 4.63. The zero-order valence-corrected chi connectivity index (χ0v) is 11.8. The number of carbonyl (C=O) groups is 1. The van der Waals surface area contributed by atoms with Crippen molar-refractivity contribution in [2.45, 2.75) is 13.8 Å². The second kappa shape index (κ2) is 6.04. The number of hydrogen-bond acceptors (Lipinski definition) is 4. The molecule has 1 heterocycles. The maximum absolute atomic E-state index is 12.2. The fourth-order valence-electron chi connectivity index (χ4n) is 1.96. The van der Waals surface area contributed by atoms with E-state index < -0.39 is 0 Å². The monoisotopic (exact) mass is 284 g/mol. The van der Waals surface area contributed by atoms with Crippen LogP contribution in [0.3, 0.4) is 0 Å². The first-order valence-corrected chi connectivity index (χ1v) is 6.34. The van der Waals surface area contributed by atoms with E-state index in [-0.39, 0.29) is 11.7 Å². The summed E-state index contributed by atoms with van der Waals surface area (Å²) in [5.41, 5.74) is 8.71. The van der Waals surface area contributed by atoms with Crippen molar-refractivity contribution in [3.05, 3.63) is 58.9 Å². The zero-order chi connectivity index (χ0) is 15.4. The van der Waals surface area contributed by atoms with Gasteiger partial charge < -0.3 is 16.3 Å². The van der Waals surface area contributed by atoms with Crippen molar-refractivity contribution in [3.63, 3.8) is 0 Å². The number of nitrogens with zero attached hydrogens (tertiary/aromatic N) is 2. The summed E-state index contributed by atoms with van der Waals surface area (Å²) in [6.07, 6.45) is 1.50. The van der Waals surface area contributed by atoms with Crippen LogP contribution < -0.4 is 11.1 Å². The van der Waals surface area contributed by atoms with Gasteiger partial charge in [0, 0.05) is 17.5 Å². The van der Waals surface area contributed by atoms with Gasteiger partial charge in [0.1, 0.15) is 0 Å². The highest BCUT2D eigenvalue weighted by Crippen LogP contribution is 2.20. The molecule has 1 aromatic heterocycles. The van der Waals surface area contributed by atoms with Gasteiger partial charge in [0.2, 0.25) is 0 Å². The van der Waals surface area contributed by atoms with Crippen molar-refractivity contribution in [1.82, 2.24) is 4.98 Å². The number of carbonyl (C=O) groups excluding carboxylic acids is 1. The molecule has 0 radical (unpaired) electrons. The van der Waals surface area contributed by atoms with E-state index in [1.165, 1.54) is 6.20 Å². The van der Waals surface area contributed by atoms with Crippen LogP contribution in [0.25, 0.3) is 0 Å². The first-order chi connectivity index (χ1) is 10.0. The van der Waals surface area contributed by atoms with E-state index >= 15 is 0 Å². The SMILES string of the molecule is Cc1ccc(C(=O)Nc2cccc(C)c2/C(N)=N/O)cn1. The Labute approximate surface area is 122 Å². The van der Waals surface area contributed by atoms with Crippen LogP contribution in [-0.2, 0) is 0 Å². The van der Waals surface area contributed by atoms with E-state index in [4.69, 9.17) is 10.9 Å². The molecule has 108 valence electrons. The molecule has 0 aliphatic heterocycles. The Bertz CT molecular complexity index is 693. The molecule has 21 heavy (non-hydrogen) atoms. The Morgan fingerprint density at radius 3 is 2.67 bits per heavy atom. The van der Waals surface area contributed by atoms with Crippen molar-refractivity contribution >= 4 is 17.4 Å². The predicted octanol–water partition coefficient (Wildman–Crippen LogP) is 2.05. The topological polar surface area (TPSA) is 101 Å². The first-order valence-electron chi connectivity index (χ1n) is 6.34. The van der Waals surface area contributed by atoms with Crippen molar-refractivity contribution in [2.75, 3.05) is 5.32 Å². The summed E-state index contributed by atoms with van der Waals surface area (Å²) in [4.78, 5) is 16.3. The van der Waals surface area contributed by atoms with Gasteiger partial charge in [-0.05, 0) is 37.6 Å². The Hall–Kier alpha value is -2.89. The Morgan fingerprint density at radius 1 is 1.29 bits per heavy atom. The third-order valence-corrected chi connectivity index (χ3v) is 3.06. The number of aryl methyl sites for hydroxylation is 2. The lowest BCUT2D eigenvalue weighted by atomic mass is 10.1. The van der Waals surface area contributed by atoms with Crippen molar-refractivity contribution in [2.24, 2.45) is 10.9 Å². The van der Waals surface area contributed by atoms with Crippen LogP contribution in [0.5, 0.6) is 0 Å². The van der Waals surface area contributed by atoms with Gasteiger partial charge in [-0.2, -0.15) is 0 Å². The molecule has 0 saturated heterocycles. The number of oxime groups is 1. The molecule has 0 spiro atoms. The summed E-state index contributed by atoms with van der Waals surface area (Å²) in [6, 6.07) is 8.75. The fourth-order valence-corrected chi connectivity index (χ4v) is 1.96. The smallest absolute Gasteiger partial charge is 0.257 e. The maximum Gasteiger partial charge on any atom is 0.257 e. The third kappa shape index (κ3) is 3.17. The zero-order valence-electron chi connectivity index (χ0n) is 11.8. The van der Waals surface area contributed by atoms with Crippen LogP contribution in [-0.4, -0.2) is 21.9 Å². The lowest BCUT2D eigenvalue weighted by Gasteiger charge is -2.12. The largest absolute Gasteiger partial charge is 0.409 e. The molecule has 6 nitrogen and oxygen atoms in total. The second-order valence-corrected chi connectivity index (χ2v) is 4.63. The number of rotatable bonds is 3. The number of nitrogens with two attached hydrogens (primary N) is 1. The number of pyridine rings is 1. The standard InChI is InChI=1S/C15H16N4O2/c1-9-4-3-5-12(13(9)14(16)19-21)18-15(20)11-7-6-10(2)17-8-11/h3-8,21H,1-2H3,(H2,16,19)(H,18,20). The summed E-state index contributed by atoms with van der Waals surface area (Å²) >= 11 is 0. The first kappa shape index (κ1) is 14.5.